The van der Waals surface area contributed by atoms with Crippen LogP contribution in [0, 0.1) is 6.92 Å². The van der Waals surface area contributed by atoms with E-state index in [0.717, 1.165) is 30.2 Å². The summed E-state index contributed by atoms with van der Waals surface area (Å²) < 4.78 is 12.5. The number of fused-ring (bicyclic) bond motifs is 3. The zero-order valence-electron chi connectivity index (χ0n) is 15.4. The quantitative estimate of drug-likeness (QED) is 0.486. The first-order chi connectivity index (χ1) is 13.2. The molecule has 0 aliphatic heterocycles. The van der Waals surface area contributed by atoms with Gasteiger partial charge in [0.1, 0.15) is 5.52 Å². The lowest BCUT2D eigenvalue weighted by Gasteiger charge is -2.05. The number of nitrogens with zero attached hydrogens (tertiary/aromatic N) is 3. The van der Waals surface area contributed by atoms with Gasteiger partial charge in [-0.15, -0.1) is 0 Å². The molecule has 1 aromatic carbocycles. The maximum Gasteiger partial charge on any atom is 0.297 e. The largest absolute Gasteiger partial charge is 0.481 e. The summed E-state index contributed by atoms with van der Waals surface area (Å²) in [6.07, 6.45) is 4.50. The highest BCUT2D eigenvalue weighted by molar-refractivity contribution is 6.02. The van der Waals surface area contributed by atoms with Gasteiger partial charge in [0.15, 0.2) is 0 Å². The molecule has 3 aromatic heterocycles. The molecule has 4 aromatic rings. The number of methoxy groups -OCH3 is 1. The number of hydrogen-bond donors (Lipinski definition) is 0. The second kappa shape index (κ2) is 7.23. The van der Waals surface area contributed by atoms with Crippen molar-refractivity contribution in [2.24, 2.45) is 0 Å². The molecule has 0 unspecified atom stereocenters. The van der Waals surface area contributed by atoms with Crippen molar-refractivity contribution in [1.82, 2.24) is 14.5 Å². The van der Waals surface area contributed by atoms with Crippen LogP contribution in [0.4, 0.5) is 0 Å². The third-order valence-electron chi connectivity index (χ3n) is 4.76. The van der Waals surface area contributed by atoms with Gasteiger partial charge in [-0.25, -0.2) is 4.98 Å². The maximum absolute atomic E-state index is 12.8. The van der Waals surface area contributed by atoms with Gasteiger partial charge in [0.25, 0.3) is 5.56 Å². The molecular formula is C21H21N3O3. The highest BCUT2D eigenvalue weighted by atomic mass is 16.5. The molecule has 0 bridgehead atoms. The van der Waals surface area contributed by atoms with Crippen LogP contribution in [0.3, 0.4) is 0 Å². The zero-order valence-corrected chi connectivity index (χ0v) is 15.4. The summed E-state index contributed by atoms with van der Waals surface area (Å²) in [5.41, 5.74) is 3.25. The average molecular weight is 363 g/mol. The molecule has 0 radical (unpaired) electrons. The lowest BCUT2D eigenvalue weighted by atomic mass is 10.1. The SMILES string of the molecule is COc1cc(C)c2c(n1)oc1c(=O)n(CCCCc3ccccc3)cnc12. The van der Waals surface area contributed by atoms with Crippen molar-refractivity contribution in [2.75, 3.05) is 7.11 Å². The van der Waals surface area contributed by atoms with Crippen LogP contribution in [0.15, 0.2) is 51.9 Å². The number of hydrogen-bond acceptors (Lipinski definition) is 5. The van der Waals surface area contributed by atoms with E-state index in [2.05, 4.69) is 22.1 Å². The van der Waals surface area contributed by atoms with Crippen LogP contribution < -0.4 is 10.3 Å². The molecule has 6 nitrogen and oxygen atoms in total. The van der Waals surface area contributed by atoms with Crippen LogP contribution in [0.5, 0.6) is 5.88 Å². The topological polar surface area (TPSA) is 70.2 Å². The van der Waals surface area contributed by atoms with Gasteiger partial charge in [0.05, 0.1) is 18.8 Å². The van der Waals surface area contributed by atoms with E-state index in [4.69, 9.17) is 9.15 Å². The molecule has 0 fully saturated rings. The second-order valence-corrected chi connectivity index (χ2v) is 6.63. The van der Waals surface area contributed by atoms with Crippen molar-refractivity contribution < 1.29 is 9.15 Å². The van der Waals surface area contributed by atoms with Crippen molar-refractivity contribution >= 4 is 22.2 Å². The zero-order chi connectivity index (χ0) is 18.8. The number of rotatable bonds is 6. The van der Waals surface area contributed by atoms with Gasteiger partial charge < -0.3 is 9.15 Å². The number of ether oxygens (including phenoxy) is 1. The Morgan fingerprint density at radius 3 is 2.78 bits per heavy atom. The summed E-state index contributed by atoms with van der Waals surface area (Å²) in [4.78, 5) is 21.6. The molecule has 6 heteroatoms. The minimum atomic E-state index is -0.170. The Labute approximate surface area is 156 Å². The summed E-state index contributed by atoms with van der Waals surface area (Å²) in [6.45, 7) is 2.54. The predicted octanol–water partition coefficient (Wildman–Crippen LogP) is 3.88. The molecule has 3 heterocycles. The summed E-state index contributed by atoms with van der Waals surface area (Å²) in [6, 6.07) is 12.2. The van der Waals surface area contributed by atoms with Crippen molar-refractivity contribution in [3.05, 3.63) is 64.2 Å². The molecule has 0 amide bonds. The Balaban J connectivity index is 1.57. The third-order valence-corrected chi connectivity index (χ3v) is 4.76. The molecule has 4 rings (SSSR count). The van der Waals surface area contributed by atoms with E-state index in [1.165, 1.54) is 5.56 Å². The summed E-state index contributed by atoms with van der Waals surface area (Å²) in [5, 5.41) is 0.763. The first kappa shape index (κ1) is 17.3. The molecule has 138 valence electrons. The number of aryl methyl sites for hydroxylation is 3. The fraction of sp³-hybridized carbons (Fsp3) is 0.286. The number of furan rings is 1. The molecule has 0 saturated carbocycles. The predicted molar refractivity (Wildman–Crippen MR) is 104 cm³/mol. The summed E-state index contributed by atoms with van der Waals surface area (Å²) in [5.74, 6) is 0.459. The Morgan fingerprint density at radius 1 is 1.19 bits per heavy atom. The number of benzene rings is 1. The van der Waals surface area contributed by atoms with E-state index >= 15 is 0 Å². The van der Waals surface area contributed by atoms with Gasteiger partial charge in [-0.05, 0) is 37.3 Å². The van der Waals surface area contributed by atoms with E-state index in [1.807, 2.05) is 31.2 Å². The fourth-order valence-corrected chi connectivity index (χ4v) is 3.33. The molecular weight excluding hydrogens is 342 g/mol. The summed E-state index contributed by atoms with van der Waals surface area (Å²) in [7, 11) is 1.55. The normalized spacial score (nSPS) is 11.3. The molecule has 0 N–H and O–H groups in total. The van der Waals surface area contributed by atoms with Gasteiger partial charge >= 0.3 is 0 Å². The molecule has 0 aliphatic rings. The lowest BCUT2D eigenvalue weighted by Crippen LogP contribution is -2.20. The van der Waals surface area contributed by atoms with Crippen molar-refractivity contribution in [3.63, 3.8) is 0 Å². The van der Waals surface area contributed by atoms with Gasteiger partial charge in [-0.2, -0.15) is 4.98 Å². The highest BCUT2D eigenvalue weighted by Crippen LogP contribution is 2.28. The Bertz CT molecular complexity index is 1150. The van der Waals surface area contributed by atoms with Gasteiger partial charge in [-0.1, -0.05) is 30.3 Å². The molecule has 0 atom stereocenters. The van der Waals surface area contributed by atoms with Crippen molar-refractivity contribution in [2.45, 2.75) is 32.7 Å². The molecule has 27 heavy (non-hydrogen) atoms. The number of pyridine rings is 1. The van der Waals surface area contributed by atoms with E-state index in [9.17, 15) is 4.79 Å². The Morgan fingerprint density at radius 2 is 2.00 bits per heavy atom. The van der Waals surface area contributed by atoms with Crippen molar-refractivity contribution in [3.8, 4) is 5.88 Å². The van der Waals surface area contributed by atoms with Gasteiger partial charge in [-0.3, -0.25) is 9.36 Å². The lowest BCUT2D eigenvalue weighted by molar-refractivity contribution is 0.397. The van der Waals surface area contributed by atoms with Gasteiger partial charge in [0, 0.05) is 12.6 Å². The van der Waals surface area contributed by atoms with Crippen LogP contribution in [0.1, 0.15) is 24.0 Å². The first-order valence-corrected chi connectivity index (χ1v) is 9.04. The third kappa shape index (κ3) is 3.30. The minimum absolute atomic E-state index is 0.170. The first-order valence-electron chi connectivity index (χ1n) is 9.04. The molecule has 0 saturated heterocycles. The second-order valence-electron chi connectivity index (χ2n) is 6.63. The monoisotopic (exact) mass is 363 g/mol. The van der Waals surface area contributed by atoms with E-state index in [-0.39, 0.29) is 11.1 Å². The van der Waals surface area contributed by atoms with Crippen LogP contribution in [-0.4, -0.2) is 21.6 Å². The smallest absolute Gasteiger partial charge is 0.297 e. The fourth-order valence-electron chi connectivity index (χ4n) is 3.33. The van der Waals surface area contributed by atoms with E-state index in [1.54, 1.807) is 18.0 Å². The standard InChI is InChI=1S/C21H21N3O3/c1-14-12-16(26-2)23-20-17(14)18-19(27-20)21(25)24(13-22-18)11-7-6-10-15-8-4-3-5-9-15/h3-5,8-9,12-13H,6-7,10-11H2,1-2H3. The van der Waals surface area contributed by atoms with Gasteiger partial charge in [0.2, 0.25) is 17.2 Å². The minimum Gasteiger partial charge on any atom is -0.481 e. The number of aromatic nitrogens is 3. The number of unbranched alkanes of at least 4 members (excludes halogenated alkanes) is 1. The van der Waals surface area contributed by atoms with E-state index < -0.39 is 0 Å². The van der Waals surface area contributed by atoms with Crippen LogP contribution in [0.25, 0.3) is 22.2 Å². The van der Waals surface area contributed by atoms with Crippen molar-refractivity contribution in [1.29, 1.82) is 0 Å². The van der Waals surface area contributed by atoms with Crippen LogP contribution >= 0.6 is 0 Å². The molecule has 0 spiro atoms. The maximum atomic E-state index is 12.8. The summed E-state index contributed by atoms with van der Waals surface area (Å²) >= 11 is 0. The van der Waals surface area contributed by atoms with Crippen LogP contribution in [-0.2, 0) is 13.0 Å². The highest BCUT2D eigenvalue weighted by Gasteiger charge is 2.17. The average Bonchev–Trinajstić information content (AvgIpc) is 3.07. The van der Waals surface area contributed by atoms with E-state index in [0.29, 0.717) is 23.7 Å². The van der Waals surface area contributed by atoms with Crippen LogP contribution in [0.2, 0.25) is 0 Å². The Hall–Kier alpha value is -3.15. The molecule has 0 aliphatic carbocycles. The Kier molecular flexibility index (Phi) is 4.62.